The van der Waals surface area contributed by atoms with Crippen LogP contribution < -0.4 is 9.62 Å². The molecule has 0 saturated heterocycles. The van der Waals surface area contributed by atoms with Crippen molar-refractivity contribution < 1.29 is 31.2 Å². The van der Waals surface area contributed by atoms with Gasteiger partial charge in [-0.15, -0.1) is 0 Å². The predicted molar refractivity (Wildman–Crippen MR) is 152 cm³/mol. The summed E-state index contributed by atoms with van der Waals surface area (Å²) in [7, 11) is -4.51. The number of carbonyl (C=O) groups excluding carboxylic acids is 2. The van der Waals surface area contributed by atoms with Gasteiger partial charge in [0.15, 0.2) is 0 Å². The summed E-state index contributed by atoms with van der Waals surface area (Å²) >= 11 is 5.79. The number of nitrogens with zero attached hydrogens (tertiary/aromatic N) is 2. The minimum atomic E-state index is -4.87. The number of alkyl halides is 3. The van der Waals surface area contributed by atoms with Crippen LogP contribution in [-0.2, 0) is 32.2 Å². The zero-order valence-corrected chi connectivity index (χ0v) is 24.1. The van der Waals surface area contributed by atoms with E-state index in [0.717, 1.165) is 17.7 Å². The van der Waals surface area contributed by atoms with Crippen molar-refractivity contribution in [3.8, 4) is 0 Å². The third kappa shape index (κ3) is 8.01. The molecule has 41 heavy (non-hydrogen) atoms. The number of likely N-dealkylation sites (N-methyl/N-ethyl adjacent to an activating group) is 1. The molecular formula is C29H31ClF3N3O4S. The van der Waals surface area contributed by atoms with Crippen molar-refractivity contribution >= 4 is 39.1 Å². The van der Waals surface area contributed by atoms with Crippen molar-refractivity contribution in [1.29, 1.82) is 0 Å². The van der Waals surface area contributed by atoms with Crippen molar-refractivity contribution in [3.05, 3.63) is 95.0 Å². The van der Waals surface area contributed by atoms with Gasteiger partial charge in [0.1, 0.15) is 12.6 Å². The molecule has 0 radical (unpaired) electrons. The molecule has 0 aliphatic carbocycles. The third-order valence-corrected chi connectivity index (χ3v) is 8.49. The Balaban J connectivity index is 2.08. The summed E-state index contributed by atoms with van der Waals surface area (Å²) in [6.45, 7) is 2.99. The number of hydrogen-bond donors (Lipinski definition) is 1. The molecule has 1 N–H and O–H groups in total. The number of sulfonamides is 1. The van der Waals surface area contributed by atoms with Crippen molar-refractivity contribution in [2.45, 2.75) is 43.8 Å². The minimum Gasteiger partial charge on any atom is -0.355 e. The van der Waals surface area contributed by atoms with E-state index in [1.807, 2.05) is 30.3 Å². The van der Waals surface area contributed by atoms with E-state index >= 15 is 0 Å². The Kier molecular flexibility index (Phi) is 10.8. The Hall–Kier alpha value is -3.57. The number of halogens is 4. The van der Waals surface area contributed by atoms with Crippen molar-refractivity contribution in [1.82, 2.24) is 10.2 Å². The van der Waals surface area contributed by atoms with Crippen LogP contribution in [0.2, 0.25) is 5.02 Å². The molecule has 0 aliphatic heterocycles. The molecule has 0 heterocycles. The number of benzene rings is 3. The van der Waals surface area contributed by atoms with Crippen LogP contribution in [0.5, 0.6) is 0 Å². The van der Waals surface area contributed by atoms with Gasteiger partial charge in [-0.25, -0.2) is 8.42 Å². The lowest BCUT2D eigenvalue weighted by atomic mass is 10.1. The van der Waals surface area contributed by atoms with Gasteiger partial charge in [-0.05, 0) is 55.7 Å². The molecule has 3 aromatic rings. The average molecular weight is 610 g/mol. The molecule has 0 fully saturated rings. The van der Waals surface area contributed by atoms with Crippen LogP contribution in [0.4, 0.5) is 18.9 Å². The summed E-state index contributed by atoms with van der Waals surface area (Å²) in [4.78, 5) is 27.9. The molecule has 0 spiro atoms. The van der Waals surface area contributed by atoms with E-state index in [4.69, 9.17) is 11.6 Å². The second kappa shape index (κ2) is 13.9. The molecule has 3 rings (SSSR count). The number of anilines is 1. The van der Waals surface area contributed by atoms with Crippen LogP contribution >= 0.6 is 11.6 Å². The molecule has 1 unspecified atom stereocenters. The highest BCUT2D eigenvalue weighted by atomic mass is 35.5. The first-order valence-corrected chi connectivity index (χ1v) is 14.8. The highest BCUT2D eigenvalue weighted by molar-refractivity contribution is 7.92. The minimum absolute atomic E-state index is 0.0755. The topological polar surface area (TPSA) is 86.8 Å². The first-order chi connectivity index (χ1) is 19.4. The average Bonchev–Trinajstić information content (AvgIpc) is 2.94. The molecule has 0 aliphatic rings. The van der Waals surface area contributed by atoms with Crippen molar-refractivity contribution in [2.75, 3.05) is 23.9 Å². The van der Waals surface area contributed by atoms with Crippen LogP contribution in [0.15, 0.2) is 83.8 Å². The van der Waals surface area contributed by atoms with Gasteiger partial charge < -0.3 is 10.2 Å². The van der Waals surface area contributed by atoms with Gasteiger partial charge in [0.25, 0.3) is 10.0 Å². The molecule has 12 heteroatoms. The molecular weight excluding hydrogens is 579 g/mol. The number of nitrogens with one attached hydrogen (secondary N) is 1. The third-order valence-electron chi connectivity index (χ3n) is 6.37. The van der Waals surface area contributed by atoms with E-state index in [9.17, 15) is 31.2 Å². The fourth-order valence-electron chi connectivity index (χ4n) is 4.32. The molecule has 0 bridgehead atoms. The standard InChI is InChI=1S/C29H31ClF3N3O4S/c1-3-26(28(38)34-4-2)35(18-17-21-11-7-5-8-12-21)27(37)20-36(41(39,40)23-13-9-6-10-14-23)22-15-16-25(30)24(19-22)29(31,32)33/h5-16,19,26H,3-4,17-18,20H2,1-2H3,(H,34,38). The Morgan fingerprint density at radius 1 is 0.951 bits per heavy atom. The fourth-order valence-corrected chi connectivity index (χ4v) is 5.97. The lowest BCUT2D eigenvalue weighted by molar-refractivity contribution is -0.139. The van der Waals surface area contributed by atoms with Gasteiger partial charge in [-0.2, -0.15) is 13.2 Å². The van der Waals surface area contributed by atoms with Crippen LogP contribution in [0.3, 0.4) is 0 Å². The lowest BCUT2D eigenvalue weighted by Crippen LogP contribution is -2.53. The maximum absolute atomic E-state index is 13.9. The molecule has 220 valence electrons. The first-order valence-electron chi connectivity index (χ1n) is 13.0. The zero-order valence-electron chi connectivity index (χ0n) is 22.6. The number of carbonyl (C=O) groups is 2. The van der Waals surface area contributed by atoms with E-state index in [1.54, 1.807) is 19.9 Å². The molecule has 0 saturated carbocycles. The number of hydrogen-bond acceptors (Lipinski definition) is 4. The van der Waals surface area contributed by atoms with Gasteiger partial charge in [0.05, 0.1) is 21.2 Å². The van der Waals surface area contributed by atoms with Crippen LogP contribution in [-0.4, -0.2) is 50.8 Å². The smallest absolute Gasteiger partial charge is 0.355 e. The van der Waals surface area contributed by atoms with Crippen LogP contribution in [0.1, 0.15) is 31.4 Å². The Morgan fingerprint density at radius 2 is 1.56 bits per heavy atom. The van der Waals surface area contributed by atoms with Gasteiger partial charge in [-0.1, -0.05) is 67.1 Å². The SMILES string of the molecule is CCNC(=O)C(CC)N(CCc1ccccc1)C(=O)CN(c1ccc(Cl)c(C(F)(F)F)c1)S(=O)(=O)c1ccccc1. The van der Waals surface area contributed by atoms with Crippen molar-refractivity contribution in [3.63, 3.8) is 0 Å². The lowest BCUT2D eigenvalue weighted by Gasteiger charge is -2.33. The van der Waals surface area contributed by atoms with E-state index in [0.29, 0.717) is 23.3 Å². The van der Waals surface area contributed by atoms with E-state index in [-0.39, 0.29) is 17.9 Å². The highest BCUT2D eigenvalue weighted by Gasteiger charge is 2.37. The molecule has 1 atom stereocenters. The summed E-state index contributed by atoms with van der Waals surface area (Å²) in [5.74, 6) is -1.17. The molecule has 0 aromatic heterocycles. The molecule has 3 aromatic carbocycles. The van der Waals surface area contributed by atoms with E-state index in [2.05, 4.69) is 5.32 Å². The first kappa shape index (κ1) is 32.0. The Morgan fingerprint density at radius 3 is 2.12 bits per heavy atom. The van der Waals surface area contributed by atoms with Gasteiger partial charge in [0.2, 0.25) is 11.8 Å². The van der Waals surface area contributed by atoms with E-state index < -0.39 is 56.9 Å². The van der Waals surface area contributed by atoms with Crippen molar-refractivity contribution in [2.24, 2.45) is 0 Å². The predicted octanol–water partition coefficient (Wildman–Crippen LogP) is 5.54. The Bertz CT molecular complexity index is 1440. The highest BCUT2D eigenvalue weighted by Crippen LogP contribution is 2.38. The van der Waals surface area contributed by atoms with Gasteiger partial charge in [-0.3, -0.25) is 13.9 Å². The van der Waals surface area contributed by atoms with Crippen LogP contribution in [0.25, 0.3) is 0 Å². The van der Waals surface area contributed by atoms with Gasteiger partial charge in [0, 0.05) is 13.1 Å². The molecule has 2 amide bonds. The monoisotopic (exact) mass is 609 g/mol. The zero-order chi connectivity index (χ0) is 30.2. The fraction of sp³-hybridized carbons (Fsp3) is 0.310. The van der Waals surface area contributed by atoms with E-state index in [1.165, 1.54) is 29.2 Å². The van der Waals surface area contributed by atoms with Crippen LogP contribution in [0, 0.1) is 0 Å². The summed E-state index contributed by atoms with van der Waals surface area (Å²) in [5.41, 5.74) is -0.752. The number of rotatable bonds is 12. The molecule has 7 nitrogen and oxygen atoms in total. The second-order valence-corrected chi connectivity index (χ2v) is 11.4. The second-order valence-electron chi connectivity index (χ2n) is 9.13. The summed E-state index contributed by atoms with van der Waals surface area (Å²) in [6.07, 6.45) is -4.27. The largest absolute Gasteiger partial charge is 0.417 e. The Labute approximate surface area is 243 Å². The maximum Gasteiger partial charge on any atom is 0.417 e. The normalized spacial score (nSPS) is 12.4. The maximum atomic E-state index is 13.9. The number of amides is 2. The van der Waals surface area contributed by atoms with Gasteiger partial charge >= 0.3 is 6.18 Å². The summed E-state index contributed by atoms with van der Waals surface area (Å²) < 4.78 is 69.2. The summed E-state index contributed by atoms with van der Waals surface area (Å²) in [6, 6.07) is 18.0. The quantitative estimate of drug-likeness (QED) is 0.292. The summed E-state index contributed by atoms with van der Waals surface area (Å²) in [5, 5.41) is 2.08.